The number of aromatic hydroxyl groups is 1. The Morgan fingerprint density at radius 2 is 1.84 bits per heavy atom. The average Bonchev–Trinajstić information content (AvgIpc) is 2.38. The van der Waals surface area contributed by atoms with Crippen molar-refractivity contribution in [3.63, 3.8) is 0 Å². The summed E-state index contributed by atoms with van der Waals surface area (Å²) in [6.07, 6.45) is 3.06. The smallest absolute Gasteiger partial charge is 0.504 e. The van der Waals surface area contributed by atoms with Crippen LogP contribution in [0.1, 0.15) is 50.3 Å². The molecule has 4 heteroatoms. The highest BCUT2D eigenvalue weighted by molar-refractivity contribution is 5.65. The molecular formula is C15H22O4. The molecule has 0 aliphatic carbocycles. The van der Waals surface area contributed by atoms with E-state index in [-0.39, 0.29) is 11.5 Å². The lowest BCUT2D eigenvalue weighted by atomic mass is 9.92. The summed E-state index contributed by atoms with van der Waals surface area (Å²) in [5, 5.41) is 18.8. The van der Waals surface area contributed by atoms with Crippen molar-refractivity contribution in [2.45, 2.75) is 52.9 Å². The third-order valence-electron chi connectivity index (χ3n) is 3.28. The van der Waals surface area contributed by atoms with Gasteiger partial charge in [0.2, 0.25) is 0 Å². The van der Waals surface area contributed by atoms with Crippen LogP contribution in [0.5, 0.6) is 11.5 Å². The highest BCUT2D eigenvalue weighted by Gasteiger charge is 2.17. The Morgan fingerprint density at radius 1 is 1.21 bits per heavy atom. The third-order valence-corrected chi connectivity index (χ3v) is 3.28. The van der Waals surface area contributed by atoms with E-state index in [1.54, 1.807) is 6.07 Å². The maximum atomic E-state index is 10.7. The number of benzene rings is 1. The van der Waals surface area contributed by atoms with Crippen LogP contribution in [0.4, 0.5) is 4.79 Å². The maximum absolute atomic E-state index is 10.7. The Morgan fingerprint density at radius 3 is 2.32 bits per heavy atom. The minimum Gasteiger partial charge on any atom is -0.504 e. The van der Waals surface area contributed by atoms with Gasteiger partial charge >= 0.3 is 6.16 Å². The summed E-state index contributed by atoms with van der Waals surface area (Å²) in [5.74, 6) is 0.00894. The average molecular weight is 266 g/mol. The fraction of sp³-hybridized carbons (Fsp3) is 0.533. The van der Waals surface area contributed by atoms with Crippen molar-refractivity contribution in [2.24, 2.45) is 0 Å². The van der Waals surface area contributed by atoms with E-state index in [1.807, 2.05) is 13.8 Å². The normalized spacial score (nSPS) is 10.5. The van der Waals surface area contributed by atoms with Crippen LogP contribution in [0.25, 0.3) is 0 Å². The predicted octanol–water partition coefficient (Wildman–Crippen LogP) is 3.92. The highest BCUT2D eigenvalue weighted by Crippen LogP contribution is 2.36. The number of hydrogen-bond donors (Lipinski definition) is 2. The minimum atomic E-state index is -1.40. The molecule has 0 aromatic heterocycles. The molecule has 0 spiro atoms. The largest absolute Gasteiger partial charge is 0.511 e. The van der Waals surface area contributed by atoms with Crippen LogP contribution < -0.4 is 4.74 Å². The molecule has 0 bridgehead atoms. The van der Waals surface area contributed by atoms with Crippen molar-refractivity contribution < 1.29 is 19.7 Å². The lowest BCUT2D eigenvalue weighted by Crippen LogP contribution is -2.07. The van der Waals surface area contributed by atoms with Crippen LogP contribution in [0.15, 0.2) is 6.07 Å². The molecule has 0 unspecified atom stereocenters. The van der Waals surface area contributed by atoms with Gasteiger partial charge in [0.15, 0.2) is 11.5 Å². The molecule has 0 heterocycles. The van der Waals surface area contributed by atoms with Gasteiger partial charge in [0.1, 0.15) is 0 Å². The van der Waals surface area contributed by atoms with E-state index in [1.165, 1.54) is 0 Å². The van der Waals surface area contributed by atoms with Gasteiger partial charge < -0.3 is 14.9 Å². The number of phenolic OH excluding ortho intramolecular Hbond substituents is 1. The number of hydrogen-bond acceptors (Lipinski definition) is 3. The second-order valence-corrected chi connectivity index (χ2v) is 4.52. The van der Waals surface area contributed by atoms with E-state index in [0.717, 1.165) is 42.4 Å². The van der Waals surface area contributed by atoms with Crippen molar-refractivity contribution >= 4 is 6.16 Å². The first-order chi connectivity index (χ1) is 9.04. The van der Waals surface area contributed by atoms with Crippen molar-refractivity contribution in [2.75, 3.05) is 0 Å². The molecule has 0 aliphatic heterocycles. The second kappa shape index (κ2) is 7.02. The van der Waals surface area contributed by atoms with Gasteiger partial charge in [0, 0.05) is 5.56 Å². The fourth-order valence-electron chi connectivity index (χ4n) is 2.38. The Balaban J connectivity index is 3.30. The molecule has 4 nitrogen and oxygen atoms in total. The molecule has 1 rings (SSSR count). The van der Waals surface area contributed by atoms with Crippen LogP contribution in [0.2, 0.25) is 0 Å². The Hall–Kier alpha value is -1.71. The Labute approximate surface area is 114 Å². The van der Waals surface area contributed by atoms with Gasteiger partial charge in [-0.15, -0.1) is 0 Å². The Bertz CT molecular complexity index is 452. The standard InChI is InChI=1S/C15H22O4/c1-4-7-8-10-9-13(19-15(17)18)14(16)12(6-3)11(10)5-2/h9,16H,4-8H2,1-3H3,(H,17,18). The van der Waals surface area contributed by atoms with Crippen LogP contribution in [0.3, 0.4) is 0 Å². The molecule has 0 aliphatic rings. The number of carboxylic acid groups (broad SMARTS) is 1. The molecule has 1 aromatic rings. The number of carbonyl (C=O) groups is 1. The van der Waals surface area contributed by atoms with Crippen molar-refractivity contribution in [3.8, 4) is 11.5 Å². The Kier molecular flexibility index (Phi) is 5.67. The van der Waals surface area contributed by atoms with E-state index >= 15 is 0 Å². The summed E-state index contributed by atoms with van der Waals surface area (Å²) >= 11 is 0. The summed E-state index contributed by atoms with van der Waals surface area (Å²) in [4.78, 5) is 10.7. The zero-order chi connectivity index (χ0) is 14.4. The number of phenols is 1. The first-order valence-electron chi connectivity index (χ1n) is 6.82. The highest BCUT2D eigenvalue weighted by atomic mass is 16.7. The van der Waals surface area contributed by atoms with Gasteiger partial charge in [0.05, 0.1) is 0 Å². The third kappa shape index (κ3) is 3.63. The summed E-state index contributed by atoms with van der Waals surface area (Å²) in [5.41, 5.74) is 2.99. The molecular weight excluding hydrogens is 244 g/mol. The molecule has 19 heavy (non-hydrogen) atoms. The molecule has 0 radical (unpaired) electrons. The first-order valence-corrected chi connectivity index (χ1v) is 6.82. The summed E-state index contributed by atoms with van der Waals surface area (Å²) < 4.78 is 4.67. The van der Waals surface area contributed by atoms with Gasteiger partial charge in [-0.05, 0) is 42.9 Å². The molecule has 0 saturated heterocycles. The van der Waals surface area contributed by atoms with E-state index in [0.29, 0.717) is 6.42 Å². The zero-order valence-corrected chi connectivity index (χ0v) is 11.8. The lowest BCUT2D eigenvalue weighted by Gasteiger charge is -2.17. The fourth-order valence-corrected chi connectivity index (χ4v) is 2.38. The number of aryl methyl sites for hydroxylation is 1. The summed E-state index contributed by atoms with van der Waals surface area (Å²) in [6.45, 7) is 6.10. The molecule has 0 saturated carbocycles. The van der Waals surface area contributed by atoms with Crippen molar-refractivity contribution in [3.05, 3.63) is 22.8 Å². The maximum Gasteiger partial charge on any atom is 0.511 e. The quantitative estimate of drug-likeness (QED) is 0.605. The van der Waals surface area contributed by atoms with Gasteiger partial charge in [-0.3, -0.25) is 0 Å². The van der Waals surface area contributed by atoms with Crippen LogP contribution in [-0.4, -0.2) is 16.4 Å². The summed E-state index contributed by atoms with van der Waals surface area (Å²) in [6, 6.07) is 1.66. The molecule has 0 atom stereocenters. The molecule has 0 amide bonds. The molecule has 106 valence electrons. The van der Waals surface area contributed by atoms with Crippen LogP contribution in [-0.2, 0) is 19.3 Å². The minimum absolute atomic E-state index is 0.0398. The molecule has 1 aromatic carbocycles. The predicted molar refractivity (Wildman–Crippen MR) is 74.1 cm³/mol. The van der Waals surface area contributed by atoms with Crippen LogP contribution in [0, 0.1) is 0 Å². The van der Waals surface area contributed by atoms with Gasteiger partial charge in [0.25, 0.3) is 0 Å². The number of unbranched alkanes of at least 4 members (excludes halogenated alkanes) is 1. The second-order valence-electron chi connectivity index (χ2n) is 4.52. The van der Waals surface area contributed by atoms with E-state index in [4.69, 9.17) is 5.11 Å². The molecule has 2 N–H and O–H groups in total. The number of ether oxygens (including phenoxy) is 1. The van der Waals surface area contributed by atoms with Gasteiger partial charge in [-0.2, -0.15) is 0 Å². The van der Waals surface area contributed by atoms with Gasteiger partial charge in [-0.1, -0.05) is 27.2 Å². The molecule has 0 fully saturated rings. The zero-order valence-electron chi connectivity index (χ0n) is 11.8. The van der Waals surface area contributed by atoms with Crippen LogP contribution >= 0.6 is 0 Å². The SMILES string of the molecule is CCCCc1cc(OC(=O)O)c(O)c(CC)c1CC. The topological polar surface area (TPSA) is 66.8 Å². The summed E-state index contributed by atoms with van der Waals surface area (Å²) in [7, 11) is 0. The lowest BCUT2D eigenvalue weighted by molar-refractivity contribution is 0.142. The number of rotatable bonds is 6. The van der Waals surface area contributed by atoms with Crippen molar-refractivity contribution in [1.29, 1.82) is 0 Å². The first kappa shape index (κ1) is 15.3. The monoisotopic (exact) mass is 266 g/mol. The van der Waals surface area contributed by atoms with E-state index < -0.39 is 6.16 Å². The van der Waals surface area contributed by atoms with E-state index in [9.17, 15) is 9.90 Å². The van der Waals surface area contributed by atoms with Gasteiger partial charge in [-0.25, -0.2) is 4.79 Å². The van der Waals surface area contributed by atoms with E-state index in [2.05, 4.69) is 11.7 Å². The van der Waals surface area contributed by atoms with Crippen molar-refractivity contribution in [1.82, 2.24) is 0 Å².